The number of carbonyl (C=O) groups is 1. The molecule has 144 valence electrons. The van der Waals surface area contributed by atoms with Crippen LogP contribution in [0, 0.1) is 13.8 Å². The third-order valence-corrected chi connectivity index (χ3v) is 4.97. The summed E-state index contributed by atoms with van der Waals surface area (Å²) in [4.78, 5) is 26.3. The molecule has 0 aliphatic heterocycles. The maximum absolute atomic E-state index is 12.5. The molecule has 29 heavy (non-hydrogen) atoms. The van der Waals surface area contributed by atoms with Crippen LogP contribution in [0.15, 0.2) is 77.3 Å². The molecule has 7 nitrogen and oxygen atoms in total. The number of aromatic nitrogens is 5. The van der Waals surface area contributed by atoms with Crippen LogP contribution < -0.4 is 5.32 Å². The fourth-order valence-corrected chi connectivity index (χ4v) is 3.62. The zero-order valence-electron chi connectivity index (χ0n) is 15.9. The number of rotatable bonds is 5. The van der Waals surface area contributed by atoms with Gasteiger partial charge in [-0.05, 0) is 80.2 Å². The molecule has 0 fully saturated rings. The quantitative estimate of drug-likeness (QED) is 0.506. The maximum Gasteiger partial charge on any atom is 0.255 e. The van der Waals surface area contributed by atoms with Crippen molar-refractivity contribution in [2.24, 2.45) is 0 Å². The predicted octanol–water partition coefficient (Wildman–Crippen LogP) is 4.08. The van der Waals surface area contributed by atoms with E-state index in [9.17, 15) is 4.79 Å². The van der Waals surface area contributed by atoms with Gasteiger partial charge in [0.15, 0.2) is 5.16 Å². The summed E-state index contributed by atoms with van der Waals surface area (Å²) in [6.07, 6.45) is 3.08. The number of nitrogens with zero attached hydrogens (tertiary/aromatic N) is 5. The Morgan fingerprint density at radius 2 is 1.66 bits per heavy atom. The molecule has 2 heterocycles. The fourth-order valence-electron chi connectivity index (χ4n) is 2.76. The molecule has 2 aromatic carbocycles. The van der Waals surface area contributed by atoms with E-state index in [1.54, 1.807) is 23.1 Å². The minimum atomic E-state index is -0.173. The zero-order valence-corrected chi connectivity index (χ0v) is 16.7. The van der Waals surface area contributed by atoms with Gasteiger partial charge in [-0.3, -0.25) is 4.79 Å². The van der Waals surface area contributed by atoms with E-state index in [2.05, 4.69) is 25.4 Å². The van der Waals surface area contributed by atoms with Gasteiger partial charge in [-0.25, -0.2) is 19.6 Å². The van der Waals surface area contributed by atoms with Crippen LogP contribution in [0.4, 0.5) is 5.69 Å². The second kappa shape index (κ2) is 8.24. The Hall–Kier alpha value is -3.52. The van der Waals surface area contributed by atoms with Crippen molar-refractivity contribution in [3.8, 4) is 5.69 Å². The Balaban J connectivity index is 1.41. The van der Waals surface area contributed by atoms with Gasteiger partial charge in [0.25, 0.3) is 5.91 Å². The fraction of sp³-hybridized carbons (Fsp3) is 0.0952. The Morgan fingerprint density at radius 1 is 0.966 bits per heavy atom. The summed E-state index contributed by atoms with van der Waals surface area (Å²) in [7, 11) is 0. The minimum Gasteiger partial charge on any atom is -0.322 e. The lowest BCUT2D eigenvalue weighted by molar-refractivity contribution is 0.102. The van der Waals surface area contributed by atoms with E-state index in [4.69, 9.17) is 0 Å². The van der Waals surface area contributed by atoms with Crippen LogP contribution in [0.25, 0.3) is 5.69 Å². The highest BCUT2D eigenvalue weighted by molar-refractivity contribution is 7.99. The number of nitrogens with one attached hydrogen (secondary N) is 1. The second-order valence-corrected chi connectivity index (χ2v) is 7.44. The van der Waals surface area contributed by atoms with E-state index in [-0.39, 0.29) is 5.91 Å². The van der Waals surface area contributed by atoms with Gasteiger partial charge in [-0.1, -0.05) is 0 Å². The summed E-state index contributed by atoms with van der Waals surface area (Å²) < 4.78 is 1.64. The number of hydrogen-bond donors (Lipinski definition) is 1. The first-order valence-electron chi connectivity index (χ1n) is 8.93. The Bertz CT molecular complexity index is 1100. The van der Waals surface area contributed by atoms with E-state index in [0.29, 0.717) is 10.7 Å². The molecular weight excluding hydrogens is 384 g/mol. The van der Waals surface area contributed by atoms with Crippen LogP contribution in [0.2, 0.25) is 0 Å². The number of hydrogen-bond acceptors (Lipinski definition) is 6. The highest BCUT2D eigenvalue weighted by Crippen LogP contribution is 2.26. The number of aryl methyl sites for hydroxylation is 2. The van der Waals surface area contributed by atoms with Crippen molar-refractivity contribution in [3.05, 3.63) is 84.2 Å². The summed E-state index contributed by atoms with van der Waals surface area (Å²) in [6, 6.07) is 16.7. The molecule has 4 aromatic rings. The standard InChI is InChI=1S/C21H18N6OS/c1-14-11-15(2)25-21(24-14)29-19-9-5-17(6-10-19)26-20(28)16-3-7-18(8-4-16)27-13-22-12-23-27/h3-13H,1-2H3,(H,26,28). The first-order chi connectivity index (χ1) is 14.1. The maximum atomic E-state index is 12.5. The van der Waals surface area contributed by atoms with Crippen molar-refractivity contribution in [2.45, 2.75) is 23.9 Å². The molecule has 0 radical (unpaired) electrons. The Kier molecular flexibility index (Phi) is 5.35. The van der Waals surface area contributed by atoms with E-state index >= 15 is 0 Å². The van der Waals surface area contributed by atoms with Gasteiger partial charge in [0, 0.05) is 27.5 Å². The van der Waals surface area contributed by atoms with Crippen LogP contribution in [-0.4, -0.2) is 30.6 Å². The first kappa shape index (κ1) is 18.8. The van der Waals surface area contributed by atoms with Crippen molar-refractivity contribution < 1.29 is 4.79 Å². The molecule has 8 heteroatoms. The van der Waals surface area contributed by atoms with Gasteiger partial charge in [0.2, 0.25) is 0 Å². The average Bonchev–Trinajstić information content (AvgIpc) is 3.24. The van der Waals surface area contributed by atoms with E-state index in [1.807, 2.05) is 56.3 Å². The highest BCUT2D eigenvalue weighted by Gasteiger charge is 2.08. The molecule has 2 aromatic heterocycles. The lowest BCUT2D eigenvalue weighted by atomic mass is 10.2. The van der Waals surface area contributed by atoms with Gasteiger partial charge in [-0.2, -0.15) is 5.10 Å². The Labute approximate surface area is 172 Å². The van der Waals surface area contributed by atoms with E-state index in [0.717, 1.165) is 27.7 Å². The van der Waals surface area contributed by atoms with Gasteiger partial charge in [0.05, 0.1) is 5.69 Å². The van der Waals surface area contributed by atoms with Gasteiger partial charge in [0.1, 0.15) is 12.7 Å². The van der Waals surface area contributed by atoms with E-state index in [1.165, 1.54) is 18.1 Å². The minimum absolute atomic E-state index is 0.173. The zero-order chi connectivity index (χ0) is 20.2. The normalized spacial score (nSPS) is 10.7. The van der Waals surface area contributed by atoms with Crippen LogP contribution in [-0.2, 0) is 0 Å². The van der Waals surface area contributed by atoms with Gasteiger partial charge in [-0.15, -0.1) is 0 Å². The number of anilines is 1. The smallest absolute Gasteiger partial charge is 0.255 e. The molecule has 0 aliphatic carbocycles. The monoisotopic (exact) mass is 402 g/mol. The highest BCUT2D eigenvalue weighted by atomic mass is 32.2. The van der Waals surface area contributed by atoms with E-state index < -0.39 is 0 Å². The first-order valence-corrected chi connectivity index (χ1v) is 9.75. The van der Waals surface area contributed by atoms with Crippen LogP contribution in [0.5, 0.6) is 0 Å². The number of carbonyl (C=O) groups excluding carboxylic acids is 1. The SMILES string of the molecule is Cc1cc(C)nc(Sc2ccc(NC(=O)c3ccc(-n4cncn4)cc3)cc2)n1. The molecule has 0 saturated heterocycles. The van der Waals surface area contributed by atoms with Crippen LogP contribution in [0.1, 0.15) is 21.7 Å². The van der Waals surface area contributed by atoms with Gasteiger partial charge >= 0.3 is 0 Å². The third kappa shape index (κ3) is 4.67. The third-order valence-electron chi connectivity index (χ3n) is 4.10. The molecule has 1 amide bonds. The Morgan fingerprint density at radius 3 is 2.28 bits per heavy atom. The number of benzene rings is 2. The number of amides is 1. The summed E-state index contributed by atoms with van der Waals surface area (Å²) in [5.74, 6) is -0.173. The van der Waals surface area contributed by atoms with Crippen LogP contribution >= 0.6 is 11.8 Å². The van der Waals surface area contributed by atoms with Crippen molar-refractivity contribution in [1.29, 1.82) is 0 Å². The molecule has 0 spiro atoms. The lowest BCUT2D eigenvalue weighted by Crippen LogP contribution is -2.11. The topological polar surface area (TPSA) is 85.6 Å². The molecule has 0 unspecified atom stereocenters. The average molecular weight is 402 g/mol. The summed E-state index contributed by atoms with van der Waals surface area (Å²) in [6.45, 7) is 3.91. The molecule has 0 aliphatic rings. The molecule has 4 rings (SSSR count). The van der Waals surface area contributed by atoms with Crippen molar-refractivity contribution >= 4 is 23.4 Å². The van der Waals surface area contributed by atoms with Crippen LogP contribution in [0.3, 0.4) is 0 Å². The molecule has 1 N–H and O–H groups in total. The van der Waals surface area contributed by atoms with Crippen molar-refractivity contribution in [3.63, 3.8) is 0 Å². The molecule has 0 bridgehead atoms. The molecular formula is C21H18N6OS. The molecule has 0 atom stereocenters. The largest absolute Gasteiger partial charge is 0.322 e. The lowest BCUT2D eigenvalue weighted by Gasteiger charge is -2.08. The van der Waals surface area contributed by atoms with Gasteiger partial charge < -0.3 is 5.32 Å². The summed E-state index contributed by atoms with van der Waals surface area (Å²) >= 11 is 1.49. The summed E-state index contributed by atoms with van der Waals surface area (Å²) in [5, 5.41) is 7.69. The molecule has 0 saturated carbocycles. The van der Waals surface area contributed by atoms with Crippen molar-refractivity contribution in [2.75, 3.05) is 5.32 Å². The van der Waals surface area contributed by atoms with Crippen molar-refractivity contribution in [1.82, 2.24) is 24.7 Å². The predicted molar refractivity (Wildman–Crippen MR) is 111 cm³/mol. The second-order valence-electron chi connectivity index (χ2n) is 6.40. The summed E-state index contributed by atoms with van der Waals surface area (Å²) in [5.41, 5.74) is 4.02.